The van der Waals surface area contributed by atoms with E-state index in [4.69, 9.17) is 5.11 Å². The van der Waals surface area contributed by atoms with E-state index in [1.54, 1.807) is 32.0 Å². The Morgan fingerprint density at radius 3 is 2.14 bits per heavy atom. The Labute approximate surface area is 123 Å². The maximum Gasteiger partial charge on any atom is 0.303 e. The Kier molecular flexibility index (Phi) is 6.39. The van der Waals surface area contributed by atoms with Crippen molar-refractivity contribution in [2.24, 2.45) is 0 Å². The number of benzene rings is 1. The summed E-state index contributed by atoms with van der Waals surface area (Å²) in [7, 11) is 0. The number of carboxylic acids is 1. The van der Waals surface area contributed by atoms with Crippen LogP contribution in [0.15, 0.2) is 18.2 Å². The Hall–Kier alpha value is -2.37. The lowest BCUT2D eigenvalue weighted by molar-refractivity contribution is -0.137. The van der Waals surface area contributed by atoms with E-state index in [1.165, 1.54) is 0 Å². The van der Waals surface area contributed by atoms with Crippen molar-refractivity contribution in [2.75, 3.05) is 10.6 Å². The molecule has 0 unspecified atom stereocenters. The fourth-order valence-corrected chi connectivity index (χ4v) is 1.76. The van der Waals surface area contributed by atoms with E-state index < -0.39 is 5.97 Å². The molecule has 0 aromatic heterocycles. The molecule has 0 atom stereocenters. The maximum absolute atomic E-state index is 11.7. The van der Waals surface area contributed by atoms with Crippen LogP contribution in [0.5, 0.6) is 0 Å². The van der Waals surface area contributed by atoms with Gasteiger partial charge in [0.05, 0.1) is 0 Å². The van der Waals surface area contributed by atoms with Crippen LogP contribution in [0.1, 0.15) is 38.2 Å². The van der Waals surface area contributed by atoms with Crippen LogP contribution in [0.3, 0.4) is 0 Å². The highest BCUT2D eigenvalue weighted by Crippen LogP contribution is 2.23. The molecule has 0 saturated carbocycles. The topological polar surface area (TPSA) is 95.5 Å². The van der Waals surface area contributed by atoms with Crippen LogP contribution in [-0.2, 0) is 14.4 Å². The molecule has 0 aliphatic heterocycles. The average Bonchev–Trinajstić information content (AvgIpc) is 2.42. The number of carbonyl (C=O) groups is 3. The van der Waals surface area contributed by atoms with E-state index >= 15 is 0 Å². The lowest BCUT2D eigenvalue weighted by Crippen LogP contribution is -2.15. The largest absolute Gasteiger partial charge is 0.481 e. The first-order valence-corrected chi connectivity index (χ1v) is 6.85. The minimum Gasteiger partial charge on any atom is -0.481 e. The van der Waals surface area contributed by atoms with Crippen LogP contribution in [-0.4, -0.2) is 22.9 Å². The smallest absolute Gasteiger partial charge is 0.303 e. The first-order valence-electron chi connectivity index (χ1n) is 6.85. The molecule has 3 N–H and O–H groups in total. The Balaban J connectivity index is 2.66. The molecule has 0 bridgehead atoms. The lowest BCUT2D eigenvalue weighted by Gasteiger charge is -2.13. The van der Waals surface area contributed by atoms with Crippen molar-refractivity contribution in [1.29, 1.82) is 0 Å². The van der Waals surface area contributed by atoms with Crippen molar-refractivity contribution in [3.8, 4) is 0 Å². The van der Waals surface area contributed by atoms with E-state index in [0.717, 1.165) is 5.56 Å². The minimum atomic E-state index is -0.914. The molecule has 6 heteroatoms. The molecule has 1 rings (SSSR count). The summed E-state index contributed by atoms with van der Waals surface area (Å²) in [5.41, 5.74) is 2.04. The molecular formula is C15H20N2O4. The number of carbonyl (C=O) groups excluding carboxylic acids is 2. The predicted molar refractivity (Wildman–Crippen MR) is 80.2 cm³/mol. The standard InChI is InChI=1S/C15H20N2O4/c1-3-13(18)16-11-6-4-7-12(10(11)2)17-14(19)8-5-9-15(20)21/h4,6-7H,3,5,8-9H2,1-2H3,(H,16,18)(H,17,19)(H,20,21). The molecule has 2 amide bonds. The Morgan fingerprint density at radius 1 is 1.05 bits per heavy atom. The number of hydrogen-bond donors (Lipinski definition) is 3. The second-order valence-electron chi connectivity index (χ2n) is 4.68. The van der Waals surface area contributed by atoms with Crippen molar-refractivity contribution in [3.63, 3.8) is 0 Å². The molecule has 0 aliphatic rings. The average molecular weight is 292 g/mol. The van der Waals surface area contributed by atoms with Crippen LogP contribution in [0.2, 0.25) is 0 Å². The molecule has 21 heavy (non-hydrogen) atoms. The molecule has 0 heterocycles. The van der Waals surface area contributed by atoms with Gasteiger partial charge >= 0.3 is 5.97 Å². The van der Waals surface area contributed by atoms with Crippen LogP contribution in [0, 0.1) is 6.92 Å². The van der Waals surface area contributed by atoms with Gasteiger partial charge in [-0.2, -0.15) is 0 Å². The normalized spacial score (nSPS) is 10.0. The SMILES string of the molecule is CCC(=O)Nc1cccc(NC(=O)CCCC(=O)O)c1C. The lowest BCUT2D eigenvalue weighted by atomic mass is 10.1. The molecule has 0 aliphatic carbocycles. The van der Waals surface area contributed by atoms with Crippen LogP contribution < -0.4 is 10.6 Å². The molecular weight excluding hydrogens is 272 g/mol. The highest BCUT2D eigenvalue weighted by Gasteiger charge is 2.09. The molecule has 0 saturated heterocycles. The van der Waals surface area contributed by atoms with Gasteiger partial charge in [0.15, 0.2) is 0 Å². The van der Waals surface area contributed by atoms with Gasteiger partial charge in [-0.15, -0.1) is 0 Å². The van der Waals surface area contributed by atoms with Gasteiger partial charge in [-0.1, -0.05) is 13.0 Å². The van der Waals surface area contributed by atoms with Gasteiger partial charge in [0.2, 0.25) is 11.8 Å². The van der Waals surface area contributed by atoms with Crippen molar-refractivity contribution in [3.05, 3.63) is 23.8 Å². The number of anilines is 2. The number of nitrogens with one attached hydrogen (secondary N) is 2. The van der Waals surface area contributed by atoms with Gasteiger partial charge in [-0.3, -0.25) is 14.4 Å². The van der Waals surface area contributed by atoms with Gasteiger partial charge < -0.3 is 15.7 Å². The Bertz CT molecular complexity index is 540. The summed E-state index contributed by atoms with van der Waals surface area (Å²) in [4.78, 5) is 33.6. The first kappa shape index (κ1) is 16.7. The second-order valence-corrected chi connectivity index (χ2v) is 4.68. The van der Waals surface area contributed by atoms with Crippen molar-refractivity contribution >= 4 is 29.2 Å². The van der Waals surface area contributed by atoms with Crippen molar-refractivity contribution < 1.29 is 19.5 Å². The summed E-state index contributed by atoms with van der Waals surface area (Å²) in [6, 6.07) is 5.25. The highest BCUT2D eigenvalue weighted by molar-refractivity contribution is 5.95. The molecule has 0 radical (unpaired) electrons. The second kappa shape index (κ2) is 8.04. The van der Waals surface area contributed by atoms with E-state index in [2.05, 4.69) is 10.6 Å². The third kappa shape index (κ3) is 5.64. The van der Waals surface area contributed by atoms with E-state index in [9.17, 15) is 14.4 Å². The first-order chi connectivity index (χ1) is 9.93. The number of aliphatic carboxylic acids is 1. The van der Waals surface area contributed by atoms with Gasteiger partial charge in [-0.25, -0.2) is 0 Å². The number of carboxylic acid groups (broad SMARTS) is 1. The van der Waals surface area contributed by atoms with Crippen molar-refractivity contribution in [1.82, 2.24) is 0 Å². The fourth-order valence-electron chi connectivity index (χ4n) is 1.76. The summed E-state index contributed by atoms with van der Waals surface area (Å²) in [5, 5.41) is 14.0. The highest BCUT2D eigenvalue weighted by atomic mass is 16.4. The van der Waals surface area contributed by atoms with Crippen LogP contribution in [0.25, 0.3) is 0 Å². The molecule has 0 spiro atoms. The van der Waals surface area contributed by atoms with Crippen molar-refractivity contribution in [2.45, 2.75) is 39.5 Å². The van der Waals surface area contributed by atoms with E-state index in [-0.39, 0.29) is 24.7 Å². The molecule has 0 fully saturated rings. The molecule has 1 aromatic carbocycles. The van der Waals surface area contributed by atoms with Crippen LogP contribution >= 0.6 is 0 Å². The molecule has 1 aromatic rings. The summed E-state index contributed by atoms with van der Waals surface area (Å²) >= 11 is 0. The van der Waals surface area contributed by atoms with E-state index in [1.807, 2.05) is 0 Å². The maximum atomic E-state index is 11.7. The summed E-state index contributed by atoms with van der Waals surface area (Å²) in [5.74, 6) is -1.25. The quantitative estimate of drug-likeness (QED) is 0.719. The third-order valence-electron chi connectivity index (χ3n) is 3.00. The third-order valence-corrected chi connectivity index (χ3v) is 3.00. The van der Waals surface area contributed by atoms with E-state index in [0.29, 0.717) is 24.2 Å². The fraction of sp³-hybridized carbons (Fsp3) is 0.400. The summed E-state index contributed by atoms with van der Waals surface area (Å²) in [6.07, 6.45) is 0.800. The number of hydrogen-bond acceptors (Lipinski definition) is 3. The zero-order chi connectivity index (χ0) is 15.8. The number of rotatable bonds is 7. The molecule has 6 nitrogen and oxygen atoms in total. The van der Waals surface area contributed by atoms with Crippen LogP contribution in [0.4, 0.5) is 11.4 Å². The van der Waals surface area contributed by atoms with Gasteiger partial charge in [0, 0.05) is 30.6 Å². The Morgan fingerprint density at radius 2 is 1.62 bits per heavy atom. The van der Waals surface area contributed by atoms with Gasteiger partial charge in [0.25, 0.3) is 0 Å². The monoisotopic (exact) mass is 292 g/mol. The minimum absolute atomic E-state index is 0.0288. The zero-order valence-electron chi connectivity index (χ0n) is 12.2. The summed E-state index contributed by atoms with van der Waals surface area (Å²) in [6.45, 7) is 3.57. The number of amides is 2. The van der Waals surface area contributed by atoms with Gasteiger partial charge in [-0.05, 0) is 31.0 Å². The van der Waals surface area contributed by atoms with Gasteiger partial charge in [0.1, 0.15) is 0 Å². The predicted octanol–water partition coefficient (Wildman–Crippen LogP) is 2.54. The zero-order valence-corrected chi connectivity index (χ0v) is 12.2. The summed E-state index contributed by atoms with van der Waals surface area (Å²) < 4.78 is 0. The molecule has 114 valence electrons.